The summed E-state index contributed by atoms with van der Waals surface area (Å²) < 4.78 is 0. The van der Waals surface area contributed by atoms with Crippen LogP contribution >= 0.6 is 0 Å². The van der Waals surface area contributed by atoms with Crippen molar-refractivity contribution in [2.45, 2.75) is 13.3 Å². The van der Waals surface area contributed by atoms with Crippen LogP contribution in [-0.2, 0) is 0 Å². The monoisotopic (exact) mass is 259 g/mol. The quantitative estimate of drug-likeness (QED) is 0.846. The highest BCUT2D eigenvalue weighted by Crippen LogP contribution is 2.27. The fourth-order valence-corrected chi connectivity index (χ4v) is 2.73. The summed E-state index contributed by atoms with van der Waals surface area (Å²) in [6.07, 6.45) is 2.60. The summed E-state index contributed by atoms with van der Waals surface area (Å²) in [6.45, 7) is 3.72. The molecule has 2 aromatic rings. The molecule has 3 heterocycles. The van der Waals surface area contributed by atoms with Gasteiger partial charge in [0, 0.05) is 37.5 Å². The maximum Gasteiger partial charge on any atom is 0.259 e. The molecule has 5 nitrogen and oxygen atoms in total. The molecule has 2 aromatic heterocycles. The van der Waals surface area contributed by atoms with E-state index in [1.165, 1.54) is 0 Å². The van der Waals surface area contributed by atoms with Crippen molar-refractivity contribution in [3.63, 3.8) is 0 Å². The number of H-pyrrole nitrogens is 1. The Hall–Kier alpha value is -1.88. The molecule has 19 heavy (non-hydrogen) atoms. The maximum atomic E-state index is 12.0. The number of aliphatic hydroxyl groups excluding tert-OH is 1. The Kier molecular flexibility index (Phi) is 2.98. The van der Waals surface area contributed by atoms with Gasteiger partial charge in [0.15, 0.2) is 0 Å². The van der Waals surface area contributed by atoms with Crippen molar-refractivity contribution in [3.8, 4) is 0 Å². The van der Waals surface area contributed by atoms with Crippen molar-refractivity contribution in [2.75, 3.05) is 24.6 Å². The molecule has 0 aromatic carbocycles. The highest BCUT2D eigenvalue weighted by molar-refractivity contribution is 5.91. The number of aliphatic hydroxyl groups is 1. The van der Waals surface area contributed by atoms with E-state index in [9.17, 15) is 9.90 Å². The van der Waals surface area contributed by atoms with Gasteiger partial charge in [0.25, 0.3) is 5.56 Å². The van der Waals surface area contributed by atoms with E-state index in [1.807, 2.05) is 19.1 Å². The van der Waals surface area contributed by atoms with E-state index in [1.54, 1.807) is 6.20 Å². The molecular weight excluding hydrogens is 242 g/mol. The minimum Gasteiger partial charge on any atom is -0.396 e. The minimum absolute atomic E-state index is 0.104. The van der Waals surface area contributed by atoms with E-state index in [0.29, 0.717) is 5.39 Å². The minimum atomic E-state index is -0.104. The third-order valence-electron chi connectivity index (χ3n) is 3.71. The van der Waals surface area contributed by atoms with E-state index in [-0.39, 0.29) is 18.1 Å². The van der Waals surface area contributed by atoms with Crippen LogP contribution < -0.4 is 10.5 Å². The number of rotatable bonds is 2. The van der Waals surface area contributed by atoms with Crippen molar-refractivity contribution in [3.05, 3.63) is 34.4 Å². The number of aromatic amines is 1. The van der Waals surface area contributed by atoms with Gasteiger partial charge in [-0.1, -0.05) is 0 Å². The summed E-state index contributed by atoms with van der Waals surface area (Å²) in [5.41, 5.74) is 0.799. The van der Waals surface area contributed by atoms with Gasteiger partial charge < -0.3 is 15.0 Å². The summed E-state index contributed by atoms with van der Waals surface area (Å²) in [6, 6.07) is 3.82. The maximum absolute atomic E-state index is 12.0. The van der Waals surface area contributed by atoms with Gasteiger partial charge in [-0.2, -0.15) is 0 Å². The number of aryl methyl sites for hydroxylation is 1. The molecule has 100 valence electrons. The molecule has 0 amide bonds. The number of nitrogens with one attached hydrogen (secondary N) is 1. The van der Waals surface area contributed by atoms with E-state index in [4.69, 9.17) is 0 Å². The van der Waals surface area contributed by atoms with Crippen molar-refractivity contribution >= 4 is 16.6 Å². The van der Waals surface area contributed by atoms with Crippen molar-refractivity contribution < 1.29 is 5.11 Å². The third kappa shape index (κ3) is 2.10. The Morgan fingerprint density at radius 3 is 3.16 bits per heavy atom. The Balaban J connectivity index is 2.15. The van der Waals surface area contributed by atoms with Crippen LogP contribution in [0.1, 0.15) is 12.1 Å². The predicted molar refractivity (Wildman–Crippen MR) is 74.5 cm³/mol. The van der Waals surface area contributed by atoms with Gasteiger partial charge in [-0.15, -0.1) is 0 Å². The normalized spacial score (nSPS) is 19.3. The van der Waals surface area contributed by atoms with Crippen LogP contribution in [0.15, 0.2) is 23.1 Å². The molecule has 1 aliphatic rings. The molecule has 1 atom stereocenters. The first-order valence-electron chi connectivity index (χ1n) is 6.54. The van der Waals surface area contributed by atoms with Gasteiger partial charge in [0.1, 0.15) is 5.82 Å². The SMILES string of the molecule is Cc1cc2cc[nH]c(=O)c2c(N2CCC(CO)C2)n1. The number of hydrogen-bond acceptors (Lipinski definition) is 4. The molecule has 0 bridgehead atoms. The smallest absolute Gasteiger partial charge is 0.259 e. The lowest BCUT2D eigenvalue weighted by Crippen LogP contribution is -2.24. The number of nitrogens with zero attached hydrogens (tertiary/aromatic N) is 2. The van der Waals surface area contributed by atoms with Crippen LogP contribution in [0, 0.1) is 12.8 Å². The van der Waals surface area contributed by atoms with Gasteiger partial charge in [-0.3, -0.25) is 4.79 Å². The first-order chi connectivity index (χ1) is 9.19. The van der Waals surface area contributed by atoms with Gasteiger partial charge in [-0.05, 0) is 30.9 Å². The van der Waals surface area contributed by atoms with Crippen molar-refractivity contribution in [1.29, 1.82) is 0 Å². The third-order valence-corrected chi connectivity index (χ3v) is 3.71. The zero-order chi connectivity index (χ0) is 13.4. The molecule has 0 radical (unpaired) electrons. The van der Waals surface area contributed by atoms with Crippen LogP contribution in [0.4, 0.5) is 5.82 Å². The average molecular weight is 259 g/mol. The van der Waals surface area contributed by atoms with Crippen LogP contribution in [-0.4, -0.2) is 34.8 Å². The second kappa shape index (κ2) is 4.66. The Bertz CT molecular complexity index is 665. The molecule has 0 aliphatic carbocycles. The number of pyridine rings is 2. The molecule has 1 aliphatic heterocycles. The van der Waals surface area contributed by atoms with Gasteiger partial charge in [-0.25, -0.2) is 4.98 Å². The molecule has 1 fully saturated rings. The highest BCUT2D eigenvalue weighted by atomic mass is 16.3. The first-order valence-corrected chi connectivity index (χ1v) is 6.54. The lowest BCUT2D eigenvalue weighted by Gasteiger charge is -2.19. The van der Waals surface area contributed by atoms with Crippen LogP contribution in [0.3, 0.4) is 0 Å². The van der Waals surface area contributed by atoms with E-state index < -0.39 is 0 Å². The molecule has 5 heteroatoms. The number of aromatic nitrogens is 2. The fourth-order valence-electron chi connectivity index (χ4n) is 2.73. The van der Waals surface area contributed by atoms with Gasteiger partial charge in [0.2, 0.25) is 0 Å². The van der Waals surface area contributed by atoms with E-state index in [0.717, 1.165) is 36.4 Å². The fraction of sp³-hybridized carbons (Fsp3) is 0.429. The average Bonchev–Trinajstić information content (AvgIpc) is 2.86. The Labute approximate surface area is 110 Å². The highest BCUT2D eigenvalue weighted by Gasteiger charge is 2.25. The van der Waals surface area contributed by atoms with Crippen LogP contribution in [0.2, 0.25) is 0 Å². The topological polar surface area (TPSA) is 69.2 Å². The second-order valence-electron chi connectivity index (χ2n) is 5.14. The molecule has 3 rings (SSSR count). The number of fused-ring (bicyclic) bond motifs is 1. The summed E-state index contributed by atoms with van der Waals surface area (Å²) in [4.78, 5) is 21.4. The zero-order valence-corrected chi connectivity index (χ0v) is 10.9. The molecule has 0 saturated carbocycles. The zero-order valence-electron chi connectivity index (χ0n) is 10.9. The Morgan fingerprint density at radius 2 is 2.42 bits per heavy atom. The second-order valence-corrected chi connectivity index (χ2v) is 5.14. The van der Waals surface area contributed by atoms with Gasteiger partial charge in [0.05, 0.1) is 5.39 Å². The van der Waals surface area contributed by atoms with Crippen LogP contribution in [0.5, 0.6) is 0 Å². The molecule has 0 spiro atoms. The number of hydrogen-bond donors (Lipinski definition) is 2. The van der Waals surface area contributed by atoms with Crippen molar-refractivity contribution in [1.82, 2.24) is 9.97 Å². The lowest BCUT2D eigenvalue weighted by molar-refractivity contribution is 0.238. The molecule has 1 saturated heterocycles. The number of anilines is 1. The van der Waals surface area contributed by atoms with Crippen LogP contribution in [0.25, 0.3) is 10.8 Å². The molecule has 2 N–H and O–H groups in total. The largest absolute Gasteiger partial charge is 0.396 e. The summed E-state index contributed by atoms with van der Waals surface area (Å²) >= 11 is 0. The molecular formula is C14H17N3O2. The standard InChI is InChI=1S/C14H17N3O2/c1-9-6-11-2-4-15-14(19)12(11)13(16-9)17-5-3-10(7-17)8-18/h2,4,6,10,18H,3,5,7-8H2,1H3,(H,15,19). The Morgan fingerprint density at radius 1 is 1.58 bits per heavy atom. The lowest BCUT2D eigenvalue weighted by atomic mass is 10.1. The molecule has 1 unspecified atom stereocenters. The summed E-state index contributed by atoms with van der Waals surface area (Å²) in [7, 11) is 0. The van der Waals surface area contributed by atoms with E-state index in [2.05, 4.69) is 14.9 Å². The van der Waals surface area contributed by atoms with Gasteiger partial charge >= 0.3 is 0 Å². The van der Waals surface area contributed by atoms with Crippen molar-refractivity contribution in [2.24, 2.45) is 5.92 Å². The summed E-state index contributed by atoms with van der Waals surface area (Å²) in [5, 5.41) is 10.8. The first kappa shape index (κ1) is 12.2. The summed E-state index contributed by atoms with van der Waals surface area (Å²) in [5.74, 6) is 1.02. The van der Waals surface area contributed by atoms with E-state index >= 15 is 0 Å². The predicted octanol–water partition coefficient (Wildman–Crippen LogP) is 1.05.